The maximum Gasteiger partial charge on any atom is 0.255 e. The number of nitrogens with zero attached hydrogens (tertiary/aromatic N) is 1. The summed E-state index contributed by atoms with van der Waals surface area (Å²) in [5.41, 5.74) is 1.13. The van der Waals surface area contributed by atoms with E-state index in [4.69, 9.17) is 9.47 Å². The first-order valence-electron chi connectivity index (χ1n) is 10.9. The Hall–Kier alpha value is -3.56. The van der Waals surface area contributed by atoms with Gasteiger partial charge in [0.15, 0.2) is 5.13 Å². The molecular weight excluding hydrogens is 482 g/mol. The number of aromatic nitrogens is 1. The van der Waals surface area contributed by atoms with E-state index in [1.165, 1.54) is 18.4 Å². The number of ether oxygens (including phenoxy) is 2. The van der Waals surface area contributed by atoms with E-state index in [2.05, 4.69) is 15.6 Å². The molecule has 1 heterocycles. The van der Waals surface area contributed by atoms with Gasteiger partial charge in [-0.05, 0) is 54.8 Å². The zero-order valence-electron chi connectivity index (χ0n) is 19.3. The quantitative estimate of drug-likeness (QED) is 0.291. The normalized spacial score (nSPS) is 11.6. The number of anilines is 1. The highest BCUT2D eigenvalue weighted by atomic mass is 32.2. The van der Waals surface area contributed by atoms with Crippen LogP contribution in [0.4, 0.5) is 5.13 Å². The summed E-state index contributed by atoms with van der Waals surface area (Å²) < 4.78 is 12.1. The van der Waals surface area contributed by atoms with Crippen LogP contribution in [0.1, 0.15) is 16.8 Å². The number of benzene rings is 3. The molecule has 0 spiro atoms. The summed E-state index contributed by atoms with van der Waals surface area (Å²) in [7, 11) is 1.51. The van der Waals surface area contributed by atoms with Gasteiger partial charge in [0, 0.05) is 6.07 Å². The summed E-state index contributed by atoms with van der Waals surface area (Å²) in [6.45, 7) is 0. The lowest BCUT2D eigenvalue weighted by molar-refractivity contribution is -0.118. The Balaban J connectivity index is 1.47. The first kappa shape index (κ1) is 24.6. The van der Waals surface area contributed by atoms with Crippen molar-refractivity contribution in [3.05, 3.63) is 78.4 Å². The van der Waals surface area contributed by atoms with Crippen molar-refractivity contribution in [2.24, 2.45) is 0 Å². The smallest absolute Gasteiger partial charge is 0.255 e. The van der Waals surface area contributed by atoms with E-state index in [0.29, 0.717) is 34.4 Å². The molecule has 1 aromatic heterocycles. The second kappa shape index (κ2) is 11.7. The maximum absolute atomic E-state index is 13.1. The van der Waals surface area contributed by atoms with E-state index in [9.17, 15) is 9.59 Å². The molecule has 9 heteroatoms. The van der Waals surface area contributed by atoms with E-state index >= 15 is 0 Å². The molecular formula is C26H25N3O4S2. The predicted molar refractivity (Wildman–Crippen MR) is 142 cm³/mol. The Morgan fingerprint density at radius 2 is 1.80 bits per heavy atom. The molecule has 4 rings (SSSR count). The summed E-state index contributed by atoms with van der Waals surface area (Å²) >= 11 is 2.96. The van der Waals surface area contributed by atoms with Gasteiger partial charge in [0.1, 0.15) is 23.3 Å². The van der Waals surface area contributed by atoms with Crippen LogP contribution in [-0.4, -0.2) is 42.0 Å². The van der Waals surface area contributed by atoms with Gasteiger partial charge in [-0.15, -0.1) is 0 Å². The molecule has 0 bridgehead atoms. The highest BCUT2D eigenvalue weighted by molar-refractivity contribution is 7.98. The van der Waals surface area contributed by atoms with Crippen molar-refractivity contribution < 1.29 is 19.1 Å². The van der Waals surface area contributed by atoms with Gasteiger partial charge in [0.2, 0.25) is 5.91 Å². The summed E-state index contributed by atoms with van der Waals surface area (Å²) in [6.07, 6.45) is 2.44. The van der Waals surface area contributed by atoms with Gasteiger partial charge in [-0.1, -0.05) is 41.7 Å². The molecule has 0 fully saturated rings. The minimum atomic E-state index is -0.719. The predicted octanol–water partition coefficient (Wildman–Crippen LogP) is 5.59. The molecule has 0 aliphatic heterocycles. The Morgan fingerprint density at radius 3 is 2.57 bits per heavy atom. The second-order valence-corrected chi connectivity index (χ2v) is 9.58. The number of thiazole rings is 1. The van der Waals surface area contributed by atoms with E-state index in [-0.39, 0.29) is 11.8 Å². The van der Waals surface area contributed by atoms with E-state index in [0.717, 1.165) is 16.0 Å². The molecule has 0 aliphatic carbocycles. The van der Waals surface area contributed by atoms with Crippen molar-refractivity contribution in [2.75, 3.05) is 24.4 Å². The zero-order valence-corrected chi connectivity index (χ0v) is 20.9. The molecule has 0 unspecified atom stereocenters. The highest BCUT2D eigenvalue weighted by Gasteiger charge is 2.23. The first-order valence-corrected chi connectivity index (χ1v) is 13.2. The minimum Gasteiger partial charge on any atom is -0.496 e. The lowest BCUT2D eigenvalue weighted by Gasteiger charge is -2.18. The minimum absolute atomic E-state index is 0.317. The van der Waals surface area contributed by atoms with E-state index in [1.807, 2.05) is 54.8 Å². The molecule has 3 aromatic carbocycles. The summed E-state index contributed by atoms with van der Waals surface area (Å²) in [5, 5.41) is 6.17. The third kappa shape index (κ3) is 6.32. The Bertz CT molecular complexity index is 1310. The monoisotopic (exact) mass is 507 g/mol. The molecule has 1 atom stereocenters. The van der Waals surface area contributed by atoms with Crippen LogP contribution < -0.4 is 20.1 Å². The number of nitrogens with one attached hydrogen (secondary N) is 2. The molecule has 0 saturated heterocycles. The van der Waals surface area contributed by atoms with Crippen molar-refractivity contribution >= 4 is 50.3 Å². The summed E-state index contributed by atoms with van der Waals surface area (Å²) in [6, 6.07) is 21.3. The molecule has 4 aromatic rings. The van der Waals surface area contributed by atoms with Crippen LogP contribution in [0.5, 0.6) is 17.2 Å². The number of para-hydroxylation sites is 2. The van der Waals surface area contributed by atoms with Crippen LogP contribution in [0.25, 0.3) is 10.2 Å². The third-order valence-electron chi connectivity index (χ3n) is 5.15. The average Bonchev–Trinajstić information content (AvgIpc) is 3.28. The largest absolute Gasteiger partial charge is 0.496 e. The summed E-state index contributed by atoms with van der Waals surface area (Å²) in [5.74, 6) is 1.91. The fourth-order valence-electron chi connectivity index (χ4n) is 3.41. The second-order valence-electron chi connectivity index (χ2n) is 7.56. The first-order chi connectivity index (χ1) is 17.1. The number of amides is 2. The molecule has 35 heavy (non-hydrogen) atoms. The fraction of sp³-hybridized carbons (Fsp3) is 0.192. The number of fused-ring (bicyclic) bond motifs is 1. The van der Waals surface area contributed by atoms with Gasteiger partial charge < -0.3 is 20.1 Å². The lowest BCUT2D eigenvalue weighted by atomic mass is 10.1. The Kier molecular flexibility index (Phi) is 8.23. The van der Waals surface area contributed by atoms with Gasteiger partial charge in [-0.25, -0.2) is 4.98 Å². The van der Waals surface area contributed by atoms with Crippen molar-refractivity contribution in [3.63, 3.8) is 0 Å². The maximum atomic E-state index is 13.1. The number of methoxy groups -OCH3 is 1. The van der Waals surface area contributed by atoms with Crippen molar-refractivity contribution in [2.45, 2.75) is 12.5 Å². The van der Waals surface area contributed by atoms with Gasteiger partial charge in [-0.3, -0.25) is 9.59 Å². The van der Waals surface area contributed by atoms with Crippen LogP contribution in [0.2, 0.25) is 0 Å². The van der Waals surface area contributed by atoms with Crippen LogP contribution in [0, 0.1) is 0 Å². The molecule has 7 nitrogen and oxygen atoms in total. The third-order valence-corrected chi connectivity index (χ3v) is 6.73. The van der Waals surface area contributed by atoms with Crippen LogP contribution >= 0.6 is 23.1 Å². The van der Waals surface area contributed by atoms with Crippen molar-refractivity contribution in [1.82, 2.24) is 10.3 Å². The molecule has 2 amide bonds. The van der Waals surface area contributed by atoms with Crippen LogP contribution in [-0.2, 0) is 4.79 Å². The van der Waals surface area contributed by atoms with Crippen LogP contribution in [0.3, 0.4) is 0 Å². The standard InChI is InChI=1S/C26H25N3O4S2/c1-32-22-11-7-6-10-19(22)24(30)27-21(14-15-34-2)25(31)29-26-28-20-13-12-18(16-23(20)35-26)33-17-8-4-3-5-9-17/h3-13,16,21H,14-15H2,1-2H3,(H,27,30)(H,28,29,31)/t21-/m1/s1. The molecule has 0 aliphatic rings. The van der Waals surface area contributed by atoms with Gasteiger partial charge in [0.05, 0.1) is 22.9 Å². The van der Waals surface area contributed by atoms with E-state index in [1.54, 1.807) is 36.0 Å². The Morgan fingerprint density at radius 1 is 1.03 bits per heavy atom. The van der Waals surface area contributed by atoms with Gasteiger partial charge >= 0.3 is 0 Å². The lowest BCUT2D eigenvalue weighted by Crippen LogP contribution is -2.44. The fourth-order valence-corrected chi connectivity index (χ4v) is 4.78. The SMILES string of the molecule is COc1ccccc1C(=O)N[C@H](CCSC)C(=O)Nc1nc2ccc(Oc3ccccc3)cc2s1. The highest BCUT2D eigenvalue weighted by Crippen LogP contribution is 2.31. The van der Waals surface area contributed by atoms with Gasteiger partial charge in [-0.2, -0.15) is 11.8 Å². The number of carbonyl (C=O) groups is 2. The number of hydrogen-bond donors (Lipinski definition) is 2. The molecule has 0 radical (unpaired) electrons. The van der Waals surface area contributed by atoms with Gasteiger partial charge in [0.25, 0.3) is 5.91 Å². The average molecular weight is 508 g/mol. The number of carbonyl (C=O) groups excluding carboxylic acids is 2. The summed E-state index contributed by atoms with van der Waals surface area (Å²) in [4.78, 5) is 30.5. The Labute approximate surface area is 211 Å². The zero-order chi connectivity index (χ0) is 24.6. The number of rotatable bonds is 10. The molecule has 2 N–H and O–H groups in total. The van der Waals surface area contributed by atoms with E-state index < -0.39 is 6.04 Å². The molecule has 180 valence electrons. The van der Waals surface area contributed by atoms with Crippen molar-refractivity contribution in [3.8, 4) is 17.2 Å². The molecule has 0 saturated carbocycles. The van der Waals surface area contributed by atoms with Crippen molar-refractivity contribution in [1.29, 1.82) is 0 Å². The van der Waals surface area contributed by atoms with Crippen LogP contribution in [0.15, 0.2) is 72.8 Å². The number of thioether (sulfide) groups is 1. The topological polar surface area (TPSA) is 89.5 Å². The number of hydrogen-bond acceptors (Lipinski definition) is 7.